The van der Waals surface area contributed by atoms with Crippen LogP contribution in [0.15, 0.2) is 0 Å². The molecule has 0 aromatic carbocycles. The van der Waals surface area contributed by atoms with Gasteiger partial charge in [0.2, 0.25) is 0 Å². The van der Waals surface area contributed by atoms with E-state index in [0.29, 0.717) is 0 Å². The summed E-state index contributed by atoms with van der Waals surface area (Å²) in [5, 5.41) is 7.71. The third kappa shape index (κ3) is 3.98. The van der Waals surface area contributed by atoms with Crippen LogP contribution in [-0.2, 0) is 0 Å². The van der Waals surface area contributed by atoms with Gasteiger partial charge in [0, 0.05) is 12.1 Å². The lowest BCUT2D eigenvalue weighted by Gasteiger charge is -2.37. The molecule has 2 nitrogen and oxygen atoms in total. The summed E-state index contributed by atoms with van der Waals surface area (Å²) in [5.41, 5.74) is 0. The predicted molar refractivity (Wildman–Crippen MR) is 86.0 cm³/mol. The second kappa shape index (κ2) is 7.79. The topological polar surface area (TPSA) is 24.1 Å². The van der Waals surface area contributed by atoms with Crippen molar-refractivity contribution < 1.29 is 0 Å². The molecule has 2 saturated carbocycles. The summed E-state index contributed by atoms with van der Waals surface area (Å²) in [5.74, 6) is 1.94. The Balaban J connectivity index is 1.41. The summed E-state index contributed by atoms with van der Waals surface area (Å²) >= 11 is 0. The highest BCUT2D eigenvalue weighted by Crippen LogP contribution is 2.31. The fraction of sp³-hybridized carbons (Fsp3) is 1.00. The first kappa shape index (κ1) is 14.8. The van der Waals surface area contributed by atoms with Crippen LogP contribution in [0, 0.1) is 11.8 Å². The van der Waals surface area contributed by atoms with E-state index in [2.05, 4.69) is 10.6 Å². The van der Waals surface area contributed by atoms with Gasteiger partial charge in [-0.3, -0.25) is 0 Å². The van der Waals surface area contributed by atoms with Gasteiger partial charge in [-0.15, -0.1) is 0 Å². The first-order chi connectivity index (χ1) is 9.93. The zero-order valence-corrected chi connectivity index (χ0v) is 13.2. The maximum Gasteiger partial charge on any atom is 0.0111 e. The van der Waals surface area contributed by atoms with Crippen molar-refractivity contribution in [1.82, 2.24) is 10.6 Å². The molecule has 2 aliphatic carbocycles. The van der Waals surface area contributed by atoms with Crippen molar-refractivity contribution in [2.45, 2.75) is 89.1 Å². The van der Waals surface area contributed by atoms with E-state index >= 15 is 0 Å². The molecule has 2 N–H and O–H groups in total. The lowest BCUT2D eigenvalue weighted by atomic mass is 9.79. The molecule has 1 saturated heterocycles. The molecule has 3 fully saturated rings. The first-order valence-electron chi connectivity index (χ1n) is 9.40. The Hall–Kier alpha value is -0.0800. The van der Waals surface area contributed by atoms with Gasteiger partial charge in [-0.05, 0) is 57.0 Å². The normalized spacial score (nSPS) is 36.3. The van der Waals surface area contributed by atoms with Gasteiger partial charge in [-0.1, -0.05) is 44.9 Å². The highest BCUT2D eigenvalue weighted by molar-refractivity contribution is 4.91. The Morgan fingerprint density at radius 1 is 0.800 bits per heavy atom. The average molecular weight is 278 g/mol. The molecule has 3 atom stereocenters. The lowest BCUT2D eigenvalue weighted by Crippen LogP contribution is -2.47. The molecule has 3 rings (SSSR count). The van der Waals surface area contributed by atoms with Gasteiger partial charge in [0.1, 0.15) is 0 Å². The van der Waals surface area contributed by atoms with Crippen LogP contribution < -0.4 is 10.6 Å². The van der Waals surface area contributed by atoms with Gasteiger partial charge < -0.3 is 10.6 Å². The van der Waals surface area contributed by atoms with Gasteiger partial charge in [-0.25, -0.2) is 0 Å². The number of rotatable bonds is 5. The standard InChI is InChI=1S/C18H34N2/c1-2-7-15(8-3-1)12-14-20-17-10-5-4-9-16(17)18-11-6-13-19-18/h15-20H,1-14H2. The molecule has 0 aromatic heterocycles. The van der Waals surface area contributed by atoms with E-state index in [1.807, 2.05) is 0 Å². The number of hydrogen-bond donors (Lipinski definition) is 2. The summed E-state index contributed by atoms with van der Waals surface area (Å²) in [6.45, 7) is 2.54. The smallest absolute Gasteiger partial charge is 0.0111 e. The molecule has 0 amide bonds. The van der Waals surface area contributed by atoms with Gasteiger partial charge in [0.05, 0.1) is 0 Å². The van der Waals surface area contributed by atoms with Gasteiger partial charge in [-0.2, -0.15) is 0 Å². The molecule has 3 unspecified atom stereocenters. The van der Waals surface area contributed by atoms with Crippen molar-refractivity contribution in [2.24, 2.45) is 11.8 Å². The quantitative estimate of drug-likeness (QED) is 0.798. The second-order valence-corrected chi connectivity index (χ2v) is 7.50. The van der Waals surface area contributed by atoms with Crippen molar-refractivity contribution >= 4 is 0 Å². The Kier molecular flexibility index (Phi) is 5.78. The van der Waals surface area contributed by atoms with Crippen LogP contribution in [0.5, 0.6) is 0 Å². The molecular formula is C18H34N2. The summed E-state index contributed by atoms with van der Waals surface area (Å²) in [4.78, 5) is 0. The van der Waals surface area contributed by atoms with Crippen molar-refractivity contribution in [3.8, 4) is 0 Å². The fourth-order valence-electron chi connectivity index (χ4n) is 4.92. The van der Waals surface area contributed by atoms with Crippen LogP contribution in [0.25, 0.3) is 0 Å². The molecule has 20 heavy (non-hydrogen) atoms. The largest absolute Gasteiger partial charge is 0.314 e. The minimum atomic E-state index is 0.808. The lowest BCUT2D eigenvalue weighted by molar-refractivity contribution is 0.209. The van der Waals surface area contributed by atoms with Crippen LogP contribution in [0.2, 0.25) is 0 Å². The van der Waals surface area contributed by atoms with Crippen molar-refractivity contribution in [1.29, 1.82) is 0 Å². The third-order valence-electron chi connectivity index (χ3n) is 6.12. The molecule has 1 heterocycles. The number of hydrogen-bond acceptors (Lipinski definition) is 2. The molecule has 0 aromatic rings. The van der Waals surface area contributed by atoms with E-state index in [-0.39, 0.29) is 0 Å². The fourth-order valence-corrected chi connectivity index (χ4v) is 4.92. The van der Waals surface area contributed by atoms with Gasteiger partial charge >= 0.3 is 0 Å². The minimum absolute atomic E-state index is 0.808. The summed E-state index contributed by atoms with van der Waals surface area (Å²) < 4.78 is 0. The zero-order valence-electron chi connectivity index (χ0n) is 13.2. The summed E-state index contributed by atoms with van der Waals surface area (Å²) in [7, 11) is 0. The van der Waals surface area contributed by atoms with E-state index in [1.54, 1.807) is 0 Å². The second-order valence-electron chi connectivity index (χ2n) is 7.50. The first-order valence-corrected chi connectivity index (χ1v) is 9.40. The van der Waals surface area contributed by atoms with Crippen molar-refractivity contribution in [3.05, 3.63) is 0 Å². The van der Waals surface area contributed by atoms with Crippen LogP contribution in [0.3, 0.4) is 0 Å². The minimum Gasteiger partial charge on any atom is -0.314 e. The highest BCUT2D eigenvalue weighted by Gasteiger charge is 2.32. The molecule has 0 bridgehead atoms. The van der Waals surface area contributed by atoms with E-state index in [9.17, 15) is 0 Å². The maximum atomic E-state index is 3.96. The maximum absolute atomic E-state index is 3.96. The van der Waals surface area contributed by atoms with Gasteiger partial charge in [0.25, 0.3) is 0 Å². The van der Waals surface area contributed by atoms with E-state index < -0.39 is 0 Å². The third-order valence-corrected chi connectivity index (χ3v) is 6.12. The van der Waals surface area contributed by atoms with E-state index in [0.717, 1.165) is 23.9 Å². The average Bonchev–Trinajstić information content (AvgIpc) is 3.03. The van der Waals surface area contributed by atoms with E-state index in [1.165, 1.54) is 90.1 Å². The number of nitrogens with one attached hydrogen (secondary N) is 2. The predicted octanol–water partition coefficient (Wildman–Crippen LogP) is 3.86. The SMILES string of the molecule is C1CCC(CCNC2CCCCC2C2CCCN2)CC1. The Morgan fingerprint density at radius 3 is 2.40 bits per heavy atom. The van der Waals surface area contributed by atoms with Crippen molar-refractivity contribution in [2.75, 3.05) is 13.1 Å². The molecular weight excluding hydrogens is 244 g/mol. The van der Waals surface area contributed by atoms with Crippen LogP contribution in [0.4, 0.5) is 0 Å². The summed E-state index contributed by atoms with van der Waals surface area (Å²) in [6.07, 6.45) is 17.5. The van der Waals surface area contributed by atoms with Crippen LogP contribution in [0.1, 0.15) is 77.0 Å². The highest BCUT2D eigenvalue weighted by atomic mass is 15.0. The molecule has 1 aliphatic heterocycles. The molecule has 0 radical (unpaired) electrons. The van der Waals surface area contributed by atoms with Crippen LogP contribution >= 0.6 is 0 Å². The van der Waals surface area contributed by atoms with Gasteiger partial charge in [0.15, 0.2) is 0 Å². The molecule has 0 spiro atoms. The zero-order chi connectivity index (χ0) is 13.6. The monoisotopic (exact) mass is 278 g/mol. The summed E-state index contributed by atoms with van der Waals surface area (Å²) in [6, 6.07) is 1.63. The Morgan fingerprint density at radius 2 is 1.60 bits per heavy atom. The molecule has 116 valence electrons. The molecule has 3 aliphatic rings. The Bertz CT molecular complexity index is 267. The van der Waals surface area contributed by atoms with Crippen molar-refractivity contribution in [3.63, 3.8) is 0 Å². The molecule has 2 heteroatoms. The Labute approximate surface area is 125 Å². The van der Waals surface area contributed by atoms with E-state index in [4.69, 9.17) is 0 Å². The van der Waals surface area contributed by atoms with Crippen LogP contribution in [-0.4, -0.2) is 25.2 Å².